The Bertz CT molecular complexity index is 841. The van der Waals surface area contributed by atoms with Crippen molar-refractivity contribution in [3.63, 3.8) is 0 Å². The van der Waals surface area contributed by atoms with Gasteiger partial charge in [-0.3, -0.25) is 9.80 Å². The number of morpholine rings is 1. The molecule has 0 spiro atoms. The molecule has 1 unspecified atom stereocenters. The Labute approximate surface area is 179 Å². The summed E-state index contributed by atoms with van der Waals surface area (Å²) in [5.74, 6) is 0.843. The fourth-order valence-corrected chi connectivity index (χ4v) is 4.34. The molecule has 0 amide bonds. The molecule has 2 aliphatic rings. The molecule has 0 aliphatic carbocycles. The predicted molar refractivity (Wildman–Crippen MR) is 122 cm³/mol. The van der Waals surface area contributed by atoms with Gasteiger partial charge >= 0.3 is 0 Å². The fourth-order valence-electron chi connectivity index (χ4n) is 4.34. The second kappa shape index (κ2) is 10.4. The normalized spacial score (nSPS) is 19.9. The minimum atomic E-state index is -0.491. The Balaban J connectivity index is 1.32. The van der Waals surface area contributed by atoms with Crippen molar-refractivity contribution >= 4 is 16.8 Å². The van der Waals surface area contributed by atoms with E-state index in [0.717, 1.165) is 63.5 Å². The number of hydrogen-bond donors (Lipinski definition) is 1. The SMILES string of the molecule is CCC/C=C/c1c(OCC(O)CN2CC(N3CCOCC3)C2)ccc2ccccc12. The van der Waals surface area contributed by atoms with Crippen LogP contribution in [0.1, 0.15) is 25.3 Å². The lowest BCUT2D eigenvalue weighted by molar-refractivity contribution is -0.0461. The zero-order valence-electron chi connectivity index (χ0n) is 18.0. The van der Waals surface area contributed by atoms with E-state index in [1.165, 1.54) is 10.8 Å². The lowest BCUT2D eigenvalue weighted by Gasteiger charge is -2.47. The van der Waals surface area contributed by atoms with Gasteiger partial charge < -0.3 is 14.6 Å². The monoisotopic (exact) mass is 410 g/mol. The second-order valence-electron chi connectivity index (χ2n) is 8.38. The van der Waals surface area contributed by atoms with Crippen LogP contribution in [0.5, 0.6) is 5.75 Å². The lowest BCUT2D eigenvalue weighted by atomic mass is 10.0. The van der Waals surface area contributed by atoms with Gasteiger partial charge in [-0.15, -0.1) is 0 Å². The summed E-state index contributed by atoms with van der Waals surface area (Å²) in [6.45, 7) is 8.94. The minimum Gasteiger partial charge on any atom is -0.490 e. The van der Waals surface area contributed by atoms with Gasteiger partial charge in [0.2, 0.25) is 0 Å². The molecule has 0 saturated carbocycles. The van der Waals surface area contributed by atoms with Crippen molar-refractivity contribution in [2.75, 3.05) is 52.5 Å². The maximum absolute atomic E-state index is 10.5. The molecule has 5 heteroatoms. The zero-order chi connectivity index (χ0) is 20.8. The van der Waals surface area contributed by atoms with Crippen molar-refractivity contribution in [2.45, 2.75) is 31.9 Å². The Morgan fingerprint density at radius 3 is 2.77 bits per heavy atom. The molecular weight excluding hydrogens is 376 g/mol. The van der Waals surface area contributed by atoms with Gasteiger partial charge in [0, 0.05) is 44.3 Å². The Morgan fingerprint density at radius 2 is 1.97 bits per heavy atom. The first kappa shape index (κ1) is 21.3. The summed E-state index contributed by atoms with van der Waals surface area (Å²) in [5.41, 5.74) is 1.10. The number of aliphatic hydroxyl groups is 1. The zero-order valence-corrected chi connectivity index (χ0v) is 18.0. The summed E-state index contributed by atoms with van der Waals surface area (Å²) in [4.78, 5) is 4.82. The van der Waals surface area contributed by atoms with Crippen LogP contribution in [0.4, 0.5) is 0 Å². The molecule has 162 valence electrons. The maximum Gasteiger partial charge on any atom is 0.127 e. The van der Waals surface area contributed by atoms with Crippen molar-refractivity contribution in [1.29, 1.82) is 0 Å². The van der Waals surface area contributed by atoms with Gasteiger partial charge in [0.1, 0.15) is 18.5 Å². The number of aliphatic hydroxyl groups excluding tert-OH is 1. The second-order valence-corrected chi connectivity index (χ2v) is 8.38. The van der Waals surface area contributed by atoms with E-state index >= 15 is 0 Å². The number of nitrogens with zero attached hydrogens (tertiary/aromatic N) is 2. The van der Waals surface area contributed by atoms with E-state index < -0.39 is 6.10 Å². The van der Waals surface area contributed by atoms with Crippen molar-refractivity contribution in [1.82, 2.24) is 9.80 Å². The van der Waals surface area contributed by atoms with Crippen LogP contribution < -0.4 is 4.74 Å². The molecule has 2 aromatic rings. The average molecular weight is 411 g/mol. The number of benzene rings is 2. The first-order chi connectivity index (χ1) is 14.7. The van der Waals surface area contributed by atoms with Crippen LogP contribution >= 0.6 is 0 Å². The van der Waals surface area contributed by atoms with E-state index in [-0.39, 0.29) is 0 Å². The van der Waals surface area contributed by atoms with Gasteiger partial charge in [0.05, 0.1) is 13.2 Å². The van der Waals surface area contributed by atoms with E-state index in [9.17, 15) is 5.11 Å². The third kappa shape index (κ3) is 5.22. The first-order valence-corrected chi connectivity index (χ1v) is 11.3. The first-order valence-electron chi connectivity index (χ1n) is 11.3. The molecule has 2 aliphatic heterocycles. The summed E-state index contributed by atoms with van der Waals surface area (Å²) < 4.78 is 11.5. The van der Waals surface area contributed by atoms with Gasteiger partial charge in [-0.1, -0.05) is 55.8 Å². The third-order valence-electron chi connectivity index (χ3n) is 6.07. The number of ether oxygens (including phenoxy) is 2. The van der Waals surface area contributed by atoms with Gasteiger partial charge in [0.25, 0.3) is 0 Å². The third-order valence-corrected chi connectivity index (χ3v) is 6.07. The molecule has 5 nitrogen and oxygen atoms in total. The predicted octanol–water partition coefficient (Wildman–Crippen LogP) is 3.41. The molecular formula is C25H34N2O3. The van der Waals surface area contributed by atoms with E-state index in [2.05, 4.69) is 59.2 Å². The highest BCUT2D eigenvalue weighted by atomic mass is 16.5. The summed E-state index contributed by atoms with van der Waals surface area (Å²) >= 11 is 0. The summed E-state index contributed by atoms with van der Waals surface area (Å²) in [6.07, 6.45) is 6.05. The summed E-state index contributed by atoms with van der Waals surface area (Å²) in [5, 5.41) is 12.9. The highest BCUT2D eigenvalue weighted by molar-refractivity contribution is 5.93. The Morgan fingerprint density at radius 1 is 1.17 bits per heavy atom. The van der Waals surface area contributed by atoms with Crippen LogP contribution in [-0.2, 0) is 4.74 Å². The highest BCUT2D eigenvalue weighted by Crippen LogP contribution is 2.30. The number of fused-ring (bicyclic) bond motifs is 1. The van der Waals surface area contributed by atoms with Crippen LogP contribution in [-0.4, -0.2) is 79.6 Å². The van der Waals surface area contributed by atoms with E-state index in [4.69, 9.17) is 9.47 Å². The minimum absolute atomic E-state index is 0.311. The topological polar surface area (TPSA) is 45.2 Å². The molecule has 0 radical (unpaired) electrons. The molecule has 2 aromatic carbocycles. The molecule has 1 N–H and O–H groups in total. The fraction of sp³-hybridized carbons (Fsp3) is 0.520. The van der Waals surface area contributed by atoms with Crippen LogP contribution in [0.2, 0.25) is 0 Å². The van der Waals surface area contributed by atoms with Gasteiger partial charge in [-0.05, 0) is 23.3 Å². The van der Waals surface area contributed by atoms with Crippen LogP contribution in [0.15, 0.2) is 42.5 Å². The Hall–Kier alpha value is -1.92. The van der Waals surface area contributed by atoms with Crippen molar-refractivity contribution in [3.8, 4) is 5.75 Å². The molecule has 1 atom stereocenters. The largest absolute Gasteiger partial charge is 0.490 e. The van der Waals surface area contributed by atoms with E-state index in [1.807, 2.05) is 6.07 Å². The lowest BCUT2D eigenvalue weighted by Crippen LogP contribution is -2.62. The number of rotatable bonds is 9. The van der Waals surface area contributed by atoms with Gasteiger partial charge in [0.15, 0.2) is 0 Å². The number of unbranched alkanes of at least 4 members (excludes halogenated alkanes) is 1. The number of allylic oxidation sites excluding steroid dienone is 1. The molecule has 2 saturated heterocycles. The number of likely N-dealkylation sites (tertiary alicyclic amines) is 1. The van der Waals surface area contributed by atoms with Crippen molar-refractivity contribution < 1.29 is 14.6 Å². The molecule has 2 fully saturated rings. The van der Waals surface area contributed by atoms with Gasteiger partial charge in [-0.25, -0.2) is 0 Å². The van der Waals surface area contributed by atoms with E-state index in [1.54, 1.807) is 0 Å². The number of β-amino-alcohol motifs (C(OH)–C–C–N with tert-alkyl or cyclic N) is 1. The van der Waals surface area contributed by atoms with Gasteiger partial charge in [-0.2, -0.15) is 0 Å². The van der Waals surface area contributed by atoms with E-state index in [0.29, 0.717) is 19.2 Å². The summed E-state index contributed by atoms with van der Waals surface area (Å²) in [6, 6.07) is 13.1. The highest BCUT2D eigenvalue weighted by Gasteiger charge is 2.33. The Kier molecular flexibility index (Phi) is 7.39. The molecule has 30 heavy (non-hydrogen) atoms. The van der Waals surface area contributed by atoms with Crippen LogP contribution in [0.3, 0.4) is 0 Å². The molecule has 0 bridgehead atoms. The van der Waals surface area contributed by atoms with Crippen molar-refractivity contribution in [3.05, 3.63) is 48.0 Å². The van der Waals surface area contributed by atoms with Crippen molar-refractivity contribution in [2.24, 2.45) is 0 Å². The maximum atomic E-state index is 10.5. The molecule has 2 heterocycles. The number of hydrogen-bond acceptors (Lipinski definition) is 5. The standard InChI is InChI=1S/C25H34N2O3/c1-2-3-4-9-24-23-8-6-5-7-20(23)10-11-25(24)30-19-22(28)18-26-16-21(17-26)27-12-14-29-15-13-27/h4-11,21-22,28H,2-3,12-19H2,1H3/b9-4+. The quantitative estimate of drug-likeness (QED) is 0.686. The van der Waals surface area contributed by atoms with Crippen LogP contribution in [0.25, 0.3) is 16.8 Å². The average Bonchev–Trinajstić information content (AvgIpc) is 2.76. The summed E-state index contributed by atoms with van der Waals surface area (Å²) in [7, 11) is 0. The smallest absolute Gasteiger partial charge is 0.127 e. The molecule has 4 rings (SSSR count). The van der Waals surface area contributed by atoms with Crippen LogP contribution in [0, 0.1) is 0 Å². The molecule has 0 aromatic heterocycles.